The van der Waals surface area contributed by atoms with Crippen LogP contribution in [-0.4, -0.2) is 6.54 Å². The van der Waals surface area contributed by atoms with Gasteiger partial charge in [0.1, 0.15) is 5.82 Å². The quantitative estimate of drug-likeness (QED) is 0.864. The number of hydrogen-bond donors (Lipinski definition) is 1. The van der Waals surface area contributed by atoms with Crippen molar-refractivity contribution in [1.82, 2.24) is 0 Å². The van der Waals surface area contributed by atoms with Gasteiger partial charge in [-0.25, -0.2) is 4.39 Å². The largest absolute Gasteiger partial charge is 0.330 e. The van der Waals surface area contributed by atoms with Gasteiger partial charge in [-0.15, -0.1) is 11.3 Å². The highest BCUT2D eigenvalue weighted by Gasteiger charge is 2.10. The van der Waals surface area contributed by atoms with Crippen molar-refractivity contribution in [3.63, 3.8) is 0 Å². The molecule has 2 aromatic rings. The van der Waals surface area contributed by atoms with E-state index in [4.69, 9.17) is 5.73 Å². The highest BCUT2D eigenvalue weighted by atomic mass is 32.1. The van der Waals surface area contributed by atoms with E-state index in [1.54, 1.807) is 23.5 Å². The van der Waals surface area contributed by atoms with E-state index in [1.165, 1.54) is 10.9 Å². The van der Waals surface area contributed by atoms with Crippen LogP contribution in [0, 0.1) is 5.82 Å². The van der Waals surface area contributed by atoms with Gasteiger partial charge in [0, 0.05) is 21.2 Å². The topological polar surface area (TPSA) is 26.0 Å². The van der Waals surface area contributed by atoms with E-state index < -0.39 is 0 Å². The maximum absolute atomic E-state index is 13.5. The summed E-state index contributed by atoms with van der Waals surface area (Å²) in [7, 11) is 0. The normalized spacial score (nSPS) is 12.7. The average molecular weight is 235 g/mol. The van der Waals surface area contributed by atoms with Gasteiger partial charge in [0.2, 0.25) is 0 Å². The smallest absolute Gasteiger partial charge is 0.131 e. The van der Waals surface area contributed by atoms with Crippen LogP contribution in [0.5, 0.6) is 0 Å². The molecule has 1 nitrogen and oxygen atoms in total. The lowest BCUT2D eigenvalue weighted by Crippen LogP contribution is -2.06. The monoisotopic (exact) mass is 235 g/mol. The van der Waals surface area contributed by atoms with Crippen molar-refractivity contribution < 1.29 is 4.39 Å². The van der Waals surface area contributed by atoms with Crippen LogP contribution in [0.25, 0.3) is 10.4 Å². The first-order chi connectivity index (χ1) is 7.72. The van der Waals surface area contributed by atoms with Crippen LogP contribution < -0.4 is 5.73 Å². The molecule has 0 aliphatic heterocycles. The highest BCUT2D eigenvalue weighted by molar-refractivity contribution is 7.15. The molecule has 0 saturated carbocycles. The van der Waals surface area contributed by atoms with Gasteiger partial charge in [0.25, 0.3) is 0 Å². The molecular formula is C13H14FNS. The predicted octanol–water partition coefficient (Wildman–Crippen LogP) is 3.62. The Kier molecular flexibility index (Phi) is 3.36. The molecule has 0 aliphatic rings. The Morgan fingerprint density at radius 3 is 2.69 bits per heavy atom. The number of benzene rings is 1. The van der Waals surface area contributed by atoms with Crippen LogP contribution >= 0.6 is 11.3 Å². The predicted molar refractivity (Wildman–Crippen MR) is 67.2 cm³/mol. The molecule has 1 aromatic heterocycles. The Morgan fingerprint density at radius 2 is 2.00 bits per heavy atom. The molecule has 16 heavy (non-hydrogen) atoms. The number of hydrogen-bond acceptors (Lipinski definition) is 2. The van der Waals surface area contributed by atoms with Crippen LogP contribution in [0.4, 0.5) is 4.39 Å². The molecule has 2 rings (SSSR count). The van der Waals surface area contributed by atoms with Crippen LogP contribution in [0.1, 0.15) is 17.7 Å². The van der Waals surface area contributed by atoms with E-state index >= 15 is 0 Å². The number of nitrogens with two attached hydrogens (primary N) is 1. The zero-order valence-electron chi connectivity index (χ0n) is 9.11. The molecule has 1 atom stereocenters. The summed E-state index contributed by atoms with van der Waals surface area (Å²) in [5.74, 6) is 0.168. The minimum absolute atomic E-state index is 0.170. The van der Waals surface area contributed by atoms with Gasteiger partial charge < -0.3 is 5.73 Å². The first kappa shape index (κ1) is 11.3. The SMILES string of the molecule is CC(CN)c1ccc(-c2ccccc2F)s1. The van der Waals surface area contributed by atoms with Gasteiger partial charge in [-0.2, -0.15) is 0 Å². The molecule has 1 heterocycles. The Balaban J connectivity index is 2.35. The highest BCUT2D eigenvalue weighted by Crippen LogP contribution is 2.33. The van der Waals surface area contributed by atoms with E-state index in [9.17, 15) is 4.39 Å². The summed E-state index contributed by atoms with van der Waals surface area (Å²) >= 11 is 1.61. The lowest BCUT2D eigenvalue weighted by Gasteiger charge is -2.03. The summed E-state index contributed by atoms with van der Waals surface area (Å²) in [6.07, 6.45) is 0. The van der Waals surface area contributed by atoms with Crippen molar-refractivity contribution in [2.75, 3.05) is 6.54 Å². The summed E-state index contributed by atoms with van der Waals surface area (Å²) < 4.78 is 13.5. The number of halogens is 1. The molecule has 0 bridgehead atoms. The second kappa shape index (κ2) is 4.76. The molecule has 0 aliphatic carbocycles. The zero-order valence-corrected chi connectivity index (χ0v) is 9.93. The van der Waals surface area contributed by atoms with Crippen molar-refractivity contribution in [3.8, 4) is 10.4 Å². The summed E-state index contributed by atoms with van der Waals surface area (Å²) in [6.45, 7) is 2.70. The fourth-order valence-electron chi connectivity index (χ4n) is 1.54. The van der Waals surface area contributed by atoms with Gasteiger partial charge in [0.05, 0.1) is 0 Å². The Labute approximate surface area is 98.7 Å². The third-order valence-electron chi connectivity index (χ3n) is 2.61. The summed E-state index contributed by atoms with van der Waals surface area (Å²) in [5.41, 5.74) is 6.28. The molecule has 0 radical (unpaired) electrons. The second-order valence-corrected chi connectivity index (χ2v) is 4.93. The standard InChI is InChI=1S/C13H14FNS/c1-9(8-15)12-6-7-13(16-12)10-4-2-3-5-11(10)14/h2-7,9H,8,15H2,1H3. The second-order valence-electron chi connectivity index (χ2n) is 3.82. The fourth-order valence-corrected chi connectivity index (χ4v) is 2.64. The maximum atomic E-state index is 13.5. The third kappa shape index (κ3) is 2.15. The van der Waals surface area contributed by atoms with Gasteiger partial charge in [0.15, 0.2) is 0 Å². The molecule has 0 saturated heterocycles. The lowest BCUT2D eigenvalue weighted by molar-refractivity contribution is 0.631. The molecule has 1 unspecified atom stereocenters. The molecule has 84 valence electrons. The summed E-state index contributed by atoms with van der Waals surface area (Å²) in [6, 6.07) is 10.8. The van der Waals surface area contributed by atoms with Crippen LogP contribution in [0.3, 0.4) is 0 Å². The zero-order chi connectivity index (χ0) is 11.5. The number of thiophene rings is 1. The van der Waals surface area contributed by atoms with Crippen molar-refractivity contribution in [2.24, 2.45) is 5.73 Å². The molecule has 0 amide bonds. The molecule has 0 spiro atoms. The molecule has 0 fully saturated rings. The van der Waals surface area contributed by atoms with Crippen molar-refractivity contribution in [2.45, 2.75) is 12.8 Å². The van der Waals surface area contributed by atoms with E-state index in [0.29, 0.717) is 18.0 Å². The van der Waals surface area contributed by atoms with Crippen molar-refractivity contribution in [3.05, 3.63) is 47.1 Å². The number of rotatable bonds is 3. The minimum Gasteiger partial charge on any atom is -0.330 e. The van der Waals surface area contributed by atoms with Gasteiger partial charge in [-0.05, 0) is 24.7 Å². The van der Waals surface area contributed by atoms with E-state index in [1.807, 2.05) is 18.2 Å². The van der Waals surface area contributed by atoms with E-state index in [-0.39, 0.29) is 5.82 Å². The molecular weight excluding hydrogens is 221 g/mol. The van der Waals surface area contributed by atoms with Gasteiger partial charge in [-0.1, -0.05) is 25.1 Å². The maximum Gasteiger partial charge on any atom is 0.131 e. The average Bonchev–Trinajstić information content (AvgIpc) is 2.78. The van der Waals surface area contributed by atoms with Crippen molar-refractivity contribution >= 4 is 11.3 Å². The molecule has 3 heteroatoms. The van der Waals surface area contributed by atoms with Crippen LogP contribution in [0.15, 0.2) is 36.4 Å². The van der Waals surface area contributed by atoms with Crippen LogP contribution in [-0.2, 0) is 0 Å². The molecule has 2 N–H and O–H groups in total. The Bertz CT molecular complexity index is 478. The molecule has 1 aromatic carbocycles. The first-order valence-corrected chi connectivity index (χ1v) is 6.08. The minimum atomic E-state index is -0.170. The Hall–Kier alpha value is -1.19. The van der Waals surface area contributed by atoms with E-state index in [0.717, 1.165) is 4.88 Å². The lowest BCUT2D eigenvalue weighted by atomic mass is 10.1. The fraction of sp³-hybridized carbons (Fsp3) is 0.231. The first-order valence-electron chi connectivity index (χ1n) is 5.27. The van der Waals surface area contributed by atoms with E-state index in [2.05, 4.69) is 6.92 Å². The summed E-state index contributed by atoms with van der Waals surface area (Å²) in [5, 5.41) is 0. The van der Waals surface area contributed by atoms with Gasteiger partial charge >= 0.3 is 0 Å². The third-order valence-corrected chi connectivity index (χ3v) is 3.96. The van der Waals surface area contributed by atoms with Crippen molar-refractivity contribution in [1.29, 1.82) is 0 Å². The van der Waals surface area contributed by atoms with Crippen LogP contribution in [0.2, 0.25) is 0 Å². The Morgan fingerprint density at radius 1 is 1.25 bits per heavy atom. The summed E-state index contributed by atoms with van der Waals surface area (Å²) in [4.78, 5) is 2.18. The van der Waals surface area contributed by atoms with Gasteiger partial charge in [-0.3, -0.25) is 0 Å².